The molecule has 1 aliphatic carbocycles. The van der Waals surface area contributed by atoms with E-state index in [1.807, 2.05) is 30.9 Å². The highest BCUT2D eigenvalue weighted by Gasteiger charge is 2.34. The Morgan fingerprint density at radius 3 is 2.80 bits per heavy atom. The van der Waals surface area contributed by atoms with Crippen molar-refractivity contribution in [1.29, 1.82) is 0 Å². The van der Waals surface area contributed by atoms with Gasteiger partial charge in [-0.2, -0.15) is 5.10 Å². The van der Waals surface area contributed by atoms with Gasteiger partial charge in [0, 0.05) is 19.2 Å². The van der Waals surface area contributed by atoms with E-state index in [9.17, 15) is 0 Å². The molecule has 0 aliphatic heterocycles. The van der Waals surface area contributed by atoms with Crippen LogP contribution in [-0.4, -0.2) is 24.7 Å². The van der Waals surface area contributed by atoms with Crippen molar-refractivity contribution in [2.45, 2.75) is 45.6 Å². The third-order valence-corrected chi connectivity index (χ3v) is 4.73. The SMILES string of the molecule is CCCc1nc(N[C@@H](c2cccc(C)n2)C2CC2)c2cnn(C)c2n1. The van der Waals surface area contributed by atoms with Crippen LogP contribution in [0.4, 0.5) is 5.82 Å². The molecule has 0 unspecified atom stereocenters. The molecule has 1 saturated carbocycles. The summed E-state index contributed by atoms with van der Waals surface area (Å²) in [6.45, 7) is 4.18. The Morgan fingerprint density at radius 1 is 1.24 bits per heavy atom. The standard InChI is InChI=1S/C19H24N6/c1-4-6-16-22-18(14-11-20-25(3)19(14)23-16)24-17(13-9-10-13)15-8-5-7-12(2)21-15/h5,7-8,11,13,17H,4,6,9-10H2,1-3H3,(H,22,23,24)/t17-/m1/s1. The van der Waals surface area contributed by atoms with E-state index in [2.05, 4.69) is 34.5 Å². The number of hydrogen-bond donors (Lipinski definition) is 1. The number of nitrogens with zero attached hydrogens (tertiary/aromatic N) is 5. The lowest BCUT2D eigenvalue weighted by Gasteiger charge is -2.19. The Hall–Kier alpha value is -2.50. The molecule has 3 aromatic rings. The van der Waals surface area contributed by atoms with Gasteiger partial charge in [0.15, 0.2) is 5.65 Å². The highest BCUT2D eigenvalue weighted by atomic mass is 15.3. The van der Waals surface area contributed by atoms with E-state index in [1.165, 1.54) is 12.8 Å². The summed E-state index contributed by atoms with van der Waals surface area (Å²) in [6.07, 6.45) is 6.20. The minimum atomic E-state index is 0.188. The Labute approximate surface area is 147 Å². The summed E-state index contributed by atoms with van der Waals surface area (Å²) in [5.74, 6) is 2.36. The van der Waals surface area contributed by atoms with Gasteiger partial charge in [0.2, 0.25) is 0 Å². The zero-order valence-corrected chi connectivity index (χ0v) is 15.0. The first kappa shape index (κ1) is 16.0. The second kappa shape index (κ2) is 6.43. The van der Waals surface area contributed by atoms with E-state index >= 15 is 0 Å². The molecular weight excluding hydrogens is 312 g/mol. The fourth-order valence-electron chi connectivity index (χ4n) is 3.26. The van der Waals surface area contributed by atoms with Gasteiger partial charge in [-0.15, -0.1) is 0 Å². The number of fused-ring (bicyclic) bond motifs is 1. The molecule has 1 atom stereocenters. The maximum Gasteiger partial charge on any atom is 0.163 e. The second-order valence-corrected chi connectivity index (χ2v) is 6.91. The highest BCUT2D eigenvalue weighted by molar-refractivity contribution is 5.86. The molecule has 0 spiro atoms. The lowest BCUT2D eigenvalue weighted by molar-refractivity contribution is 0.652. The molecule has 3 aromatic heterocycles. The summed E-state index contributed by atoms with van der Waals surface area (Å²) < 4.78 is 1.82. The van der Waals surface area contributed by atoms with Crippen LogP contribution in [-0.2, 0) is 13.5 Å². The molecule has 6 nitrogen and oxygen atoms in total. The first-order valence-corrected chi connectivity index (χ1v) is 9.04. The van der Waals surface area contributed by atoms with Gasteiger partial charge in [0.1, 0.15) is 11.6 Å². The lowest BCUT2D eigenvalue weighted by atomic mass is 10.1. The minimum absolute atomic E-state index is 0.188. The van der Waals surface area contributed by atoms with Crippen molar-refractivity contribution in [3.05, 3.63) is 41.6 Å². The molecule has 1 aliphatic rings. The van der Waals surface area contributed by atoms with Crippen LogP contribution in [0.1, 0.15) is 49.4 Å². The lowest BCUT2D eigenvalue weighted by Crippen LogP contribution is -2.16. The van der Waals surface area contributed by atoms with E-state index in [1.54, 1.807) is 0 Å². The minimum Gasteiger partial charge on any atom is -0.361 e. The zero-order chi connectivity index (χ0) is 17.4. The van der Waals surface area contributed by atoms with Crippen LogP contribution in [0.2, 0.25) is 0 Å². The molecule has 0 amide bonds. The van der Waals surface area contributed by atoms with Crippen LogP contribution in [0.3, 0.4) is 0 Å². The Kier molecular flexibility index (Phi) is 4.11. The largest absolute Gasteiger partial charge is 0.361 e. The molecule has 3 heterocycles. The molecule has 0 saturated heterocycles. The average molecular weight is 336 g/mol. The van der Waals surface area contributed by atoms with E-state index in [0.29, 0.717) is 5.92 Å². The first-order valence-electron chi connectivity index (χ1n) is 9.04. The van der Waals surface area contributed by atoms with Gasteiger partial charge in [-0.25, -0.2) is 9.97 Å². The quantitative estimate of drug-likeness (QED) is 0.745. The molecule has 0 aromatic carbocycles. The summed E-state index contributed by atoms with van der Waals surface area (Å²) in [4.78, 5) is 14.2. The topological polar surface area (TPSA) is 68.5 Å². The number of nitrogens with one attached hydrogen (secondary N) is 1. The van der Waals surface area contributed by atoms with Crippen molar-refractivity contribution in [1.82, 2.24) is 24.7 Å². The molecule has 6 heteroatoms. The van der Waals surface area contributed by atoms with Crippen LogP contribution >= 0.6 is 0 Å². The molecule has 4 rings (SSSR count). The van der Waals surface area contributed by atoms with Gasteiger partial charge in [0.05, 0.1) is 23.3 Å². The fourth-order valence-corrected chi connectivity index (χ4v) is 3.26. The van der Waals surface area contributed by atoms with Crippen molar-refractivity contribution in [3.63, 3.8) is 0 Å². The number of hydrogen-bond acceptors (Lipinski definition) is 5. The van der Waals surface area contributed by atoms with Gasteiger partial charge >= 0.3 is 0 Å². The molecule has 0 radical (unpaired) electrons. The zero-order valence-electron chi connectivity index (χ0n) is 15.0. The number of anilines is 1. The second-order valence-electron chi connectivity index (χ2n) is 6.91. The van der Waals surface area contributed by atoms with Crippen molar-refractivity contribution in [2.24, 2.45) is 13.0 Å². The van der Waals surface area contributed by atoms with Crippen LogP contribution in [0.15, 0.2) is 24.4 Å². The summed E-state index contributed by atoms with van der Waals surface area (Å²) >= 11 is 0. The van der Waals surface area contributed by atoms with Crippen LogP contribution < -0.4 is 5.32 Å². The first-order chi connectivity index (χ1) is 12.2. The van der Waals surface area contributed by atoms with E-state index in [-0.39, 0.29) is 6.04 Å². The number of pyridine rings is 1. The fraction of sp³-hybridized carbons (Fsp3) is 0.474. The maximum absolute atomic E-state index is 4.80. The van der Waals surface area contributed by atoms with E-state index in [4.69, 9.17) is 9.97 Å². The van der Waals surface area contributed by atoms with Gasteiger partial charge in [-0.1, -0.05) is 13.0 Å². The van der Waals surface area contributed by atoms with Crippen molar-refractivity contribution in [2.75, 3.05) is 5.32 Å². The van der Waals surface area contributed by atoms with Crippen LogP contribution in [0.5, 0.6) is 0 Å². The smallest absolute Gasteiger partial charge is 0.163 e. The Balaban J connectivity index is 1.75. The van der Waals surface area contributed by atoms with Gasteiger partial charge < -0.3 is 5.32 Å². The van der Waals surface area contributed by atoms with Crippen LogP contribution in [0.25, 0.3) is 11.0 Å². The van der Waals surface area contributed by atoms with Gasteiger partial charge in [0.25, 0.3) is 0 Å². The predicted molar refractivity (Wildman–Crippen MR) is 98.4 cm³/mol. The van der Waals surface area contributed by atoms with Crippen molar-refractivity contribution < 1.29 is 0 Å². The van der Waals surface area contributed by atoms with Crippen molar-refractivity contribution >= 4 is 16.9 Å². The van der Waals surface area contributed by atoms with E-state index < -0.39 is 0 Å². The summed E-state index contributed by atoms with van der Waals surface area (Å²) in [6, 6.07) is 6.42. The Bertz CT molecular complexity index is 896. The van der Waals surface area contributed by atoms with E-state index in [0.717, 1.165) is 46.9 Å². The number of rotatable bonds is 6. The number of aromatic nitrogens is 5. The van der Waals surface area contributed by atoms with Gasteiger partial charge in [-0.05, 0) is 44.2 Å². The third kappa shape index (κ3) is 3.21. The summed E-state index contributed by atoms with van der Waals surface area (Å²) in [5.41, 5.74) is 3.02. The average Bonchev–Trinajstić information content (AvgIpc) is 3.37. The molecule has 1 fully saturated rings. The molecular formula is C19H24N6. The summed E-state index contributed by atoms with van der Waals surface area (Å²) in [7, 11) is 1.93. The molecule has 0 bridgehead atoms. The molecule has 130 valence electrons. The monoisotopic (exact) mass is 336 g/mol. The molecule has 1 N–H and O–H groups in total. The van der Waals surface area contributed by atoms with Gasteiger partial charge in [-0.3, -0.25) is 9.67 Å². The normalized spacial score (nSPS) is 15.5. The third-order valence-electron chi connectivity index (χ3n) is 4.73. The highest BCUT2D eigenvalue weighted by Crippen LogP contribution is 2.42. The predicted octanol–water partition coefficient (Wildman–Crippen LogP) is 3.58. The van der Waals surface area contributed by atoms with Crippen molar-refractivity contribution in [3.8, 4) is 0 Å². The van der Waals surface area contributed by atoms with Crippen LogP contribution in [0, 0.1) is 12.8 Å². The maximum atomic E-state index is 4.80. The molecule has 25 heavy (non-hydrogen) atoms. The summed E-state index contributed by atoms with van der Waals surface area (Å²) in [5, 5.41) is 9.02. The number of aryl methyl sites for hydroxylation is 3. The Morgan fingerprint density at radius 2 is 2.08 bits per heavy atom.